The van der Waals surface area contributed by atoms with Gasteiger partial charge in [-0.2, -0.15) is 0 Å². The summed E-state index contributed by atoms with van der Waals surface area (Å²) >= 11 is 0. The van der Waals surface area contributed by atoms with Crippen molar-refractivity contribution >= 4 is 11.6 Å². The largest absolute Gasteiger partial charge is 0.508 e. The van der Waals surface area contributed by atoms with E-state index < -0.39 is 6.04 Å². The van der Waals surface area contributed by atoms with Gasteiger partial charge in [-0.25, -0.2) is 0 Å². The Morgan fingerprint density at radius 1 is 1.41 bits per heavy atom. The third-order valence-electron chi connectivity index (χ3n) is 2.74. The van der Waals surface area contributed by atoms with Crippen molar-refractivity contribution in [1.29, 1.82) is 0 Å². The number of carbonyl (C=O) groups is 1. The lowest BCUT2D eigenvalue weighted by molar-refractivity contribution is -0.117. The summed E-state index contributed by atoms with van der Waals surface area (Å²) in [6.45, 7) is 5.61. The van der Waals surface area contributed by atoms with E-state index in [1.54, 1.807) is 19.1 Å². The van der Waals surface area contributed by atoms with E-state index in [0.29, 0.717) is 12.1 Å². The van der Waals surface area contributed by atoms with Gasteiger partial charge in [-0.1, -0.05) is 13.3 Å². The number of amides is 1. The van der Waals surface area contributed by atoms with Gasteiger partial charge in [0.05, 0.1) is 6.04 Å². The van der Waals surface area contributed by atoms with Crippen molar-refractivity contribution in [2.75, 3.05) is 5.32 Å². The second-order valence-corrected chi connectivity index (χ2v) is 4.34. The van der Waals surface area contributed by atoms with Crippen molar-refractivity contribution in [2.45, 2.75) is 39.7 Å². The van der Waals surface area contributed by atoms with Gasteiger partial charge >= 0.3 is 0 Å². The van der Waals surface area contributed by atoms with Gasteiger partial charge in [0.2, 0.25) is 5.91 Å². The molecule has 4 heteroatoms. The molecule has 4 N–H and O–H groups in total. The maximum absolute atomic E-state index is 11.8. The molecule has 0 aliphatic rings. The van der Waals surface area contributed by atoms with Crippen LogP contribution in [0.5, 0.6) is 5.75 Å². The van der Waals surface area contributed by atoms with E-state index in [9.17, 15) is 9.90 Å². The molecular weight excluding hydrogens is 216 g/mol. The Morgan fingerprint density at radius 3 is 2.65 bits per heavy atom. The first-order valence-corrected chi connectivity index (χ1v) is 5.82. The molecule has 0 saturated heterocycles. The molecule has 0 saturated carbocycles. The lowest BCUT2D eigenvalue weighted by Gasteiger charge is -2.14. The number of hydrogen-bond acceptors (Lipinski definition) is 3. The number of phenolic OH excluding ortho intramolecular Hbond substituents is 1. The molecule has 0 aromatic heterocycles. The van der Waals surface area contributed by atoms with Crippen molar-refractivity contribution in [1.82, 2.24) is 0 Å². The Hall–Kier alpha value is -1.55. The maximum Gasteiger partial charge on any atom is 0.241 e. The van der Waals surface area contributed by atoms with Crippen molar-refractivity contribution in [2.24, 2.45) is 5.73 Å². The first-order valence-electron chi connectivity index (χ1n) is 5.82. The lowest BCUT2D eigenvalue weighted by atomic mass is 10.1. The highest BCUT2D eigenvalue weighted by Gasteiger charge is 2.14. The number of anilines is 1. The second-order valence-electron chi connectivity index (χ2n) is 4.34. The molecule has 0 bridgehead atoms. The van der Waals surface area contributed by atoms with E-state index in [0.717, 1.165) is 17.5 Å². The van der Waals surface area contributed by atoms with Gasteiger partial charge in [0, 0.05) is 5.69 Å². The van der Waals surface area contributed by atoms with Crippen LogP contribution in [0.3, 0.4) is 0 Å². The zero-order valence-corrected chi connectivity index (χ0v) is 10.6. The molecule has 0 aliphatic heterocycles. The number of rotatable bonds is 4. The van der Waals surface area contributed by atoms with Gasteiger partial charge in [-0.05, 0) is 43.5 Å². The van der Waals surface area contributed by atoms with Gasteiger partial charge in [0.1, 0.15) is 5.75 Å². The average Bonchev–Trinajstić information content (AvgIpc) is 2.26. The fraction of sp³-hybridized carbons (Fsp3) is 0.462. The maximum atomic E-state index is 11.8. The number of nitrogens with one attached hydrogen (secondary N) is 1. The van der Waals surface area contributed by atoms with E-state index in [-0.39, 0.29) is 11.7 Å². The highest BCUT2D eigenvalue weighted by molar-refractivity contribution is 5.95. The zero-order valence-electron chi connectivity index (χ0n) is 10.6. The van der Waals surface area contributed by atoms with Gasteiger partial charge in [0.25, 0.3) is 0 Å². The topological polar surface area (TPSA) is 75.4 Å². The molecule has 0 unspecified atom stereocenters. The minimum atomic E-state index is -0.478. The fourth-order valence-corrected chi connectivity index (χ4v) is 1.60. The second kappa shape index (κ2) is 5.68. The molecule has 0 fully saturated rings. The van der Waals surface area contributed by atoms with Crippen LogP contribution in [0.1, 0.15) is 30.9 Å². The summed E-state index contributed by atoms with van der Waals surface area (Å²) in [5.41, 5.74) is 7.99. The van der Waals surface area contributed by atoms with Crippen LogP contribution < -0.4 is 11.1 Å². The van der Waals surface area contributed by atoms with E-state index in [1.165, 1.54) is 0 Å². The molecule has 1 amide bonds. The van der Waals surface area contributed by atoms with Crippen LogP contribution in [0.4, 0.5) is 5.69 Å². The minimum Gasteiger partial charge on any atom is -0.508 e. The number of benzene rings is 1. The third kappa shape index (κ3) is 3.46. The molecule has 1 aromatic carbocycles. The van der Waals surface area contributed by atoms with Crippen LogP contribution in [0.25, 0.3) is 0 Å². The molecule has 1 rings (SSSR count). The zero-order chi connectivity index (χ0) is 13.0. The van der Waals surface area contributed by atoms with Crippen molar-refractivity contribution < 1.29 is 9.90 Å². The molecule has 0 radical (unpaired) electrons. The number of nitrogens with two attached hydrogens (primary N) is 1. The SMILES string of the molecule is CCC[C@@H](N)C(=O)Nc1cc(C)c(O)cc1C. The number of carbonyl (C=O) groups excluding carboxylic acids is 1. The quantitative estimate of drug-likeness (QED) is 0.700. The number of aryl methyl sites for hydroxylation is 2. The number of hydrogen-bond donors (Lipinski definition) is 3. The van der Waals surface area contributed by atoms with Crippen LogP contribution >= 0.6 is 0 Å². The van der Waals surface area contributed by atoms with Gasteiger partial charge in [-0.3, -0.25) is 4.79 Å². The van der Waals surface area contributed by atoms with Gasteiger partial charge in [-0.15, -0.1) is 0 Å². The van der Waals surface area contributed by atoms with Crippen molar-refractivity contribution in [3.8, 4) is 5.75 Å². The average molecular weight is 236 g/mol. The van der Waals surface area contributed by atoms with Crippen molar-refractivity contribution in [3.05, 3.63) is 23.3 Å². The molecule has 94 valence electrons. The first-order chi connectivity index (χ1) is 7.95. The van der Waals surface area contributed by atoms with Crippen LogP contribution in [0.2, 0.25) is 0 Å². The summed E-state index contributed by atoms with van der Waals surface area (Å²) in [5.74, 6) is 0.0541. The van der Waals surface area contributed by atoms with E-state index in [2.05, 4.69) is 5.32 Å². The predicted octanol–water partition coefficient (Wildman–Crippen LogP) is 2.07. The third-order valence-corrected chi connectivity index (χ3v) is 2.74. The minimum absolute atomic E-state index is 0.181. The summed E-state index contributed by atoms with van der Waals surface area (Å²) in [4.78, 5) is 11.8. The van der Waals surface area contributed by atoms with Gasteiger partial charge < -0.3 is 16.2 Å². The number of aromatic hydroxyl groups is 1. The van der Waals surface area contributed by atoms with Crippen LogP contribution in [-0.4, -0.2) is 17.1 Å². The number of phenols is 1. The van der Waals surface area contributed by atoms with E-state index in [4.69, 9.17) is 5.73 Å². The molecule has 4 nitrogen and oxygen atoms in total. The summed E-state index contributed by atoms with van der Waals surface area (Å²) in [6, 6.07) is 2.91. The summed E-state index contributed by atoms with van der Waals surface area (Å²) in [5, 5.41) is 12.3. The highest BCUT2D eigenvalue weighted by atomic mass is 16.3. The standard InChI is InChI=1S/C13H20N2O2/c1-4-5-10(14)13(17)15-11-6-9(3)12(16)7-8(11)2/h6-7,10,16H,4-5,14H2,1-3H3,(H,15,17)/t10-/m1/s1. The van der Waals surface area contributed by atoms with E-state index in [1.807, 2.05) is 13.8 Å². The van der Waals surface area contributed by atoms with Crippen LogP contribution in [-0.2, 0) is 4.79 Å². The van der Waals surface area contributed by atoms with Crippen LogP contribution in [0.15, 0.2) is 12.1 Å². The Bertz CT molecular complexity index is 416. The summed E-state index contributed by atoms with van der Waals surface area (Å²) < 4.78 is 0. The Balaban J connectivity index is 2.81. The van der Waals surface area contributed by atoms with Crippen molar-refractivity contribution in [3.63, 3.8) is 0 Å². The monoisotopic (exact) mass is 236 g/mol. The lowest BCUT2D eigenvalue weighted by Crippen LogP contribution is -2.35. The Labute approximate surface area is 102 Å². The molecular formula is C13H20N2O2. The molecule has 0 heterocycles. The summed E-state index contributed by atoms with van der Waals surface area (Å²) in [6.07, 6.45) is 1.55. The molecule has 0 aliphatic carbocycles. The molecule has 1 atom stereocenters. The molecule has 1 aromatic rings. The van der Waals surface area contributed by atoms with Gasteiger partial charge in [0.15, 0.2) is 0 Å². The van der Waals surface area contributed by atoms with Crippen LogP contribution in [0, 0.1) is 13.8 Å². The molecule has 0 spiro atoms. The van der Waals surface area contributed by atoms with E-state index >= 15 is 0 Å². The smallest absolute Gasteiger partial charge is 0.241 e. The highest BCUT2D eigenvalue weighted by Crippen LogP contribution is 2.25. The fourth-order valence-electron chi connectivity index (χ4n) is 1.60. The first kappa shape index (κ1) is 13.5. The Morgan fingerprint density at radius 2 is 2.06 bits per heavy atom. The predicted molar refractivity (Wildman–Crippen MR) is 69.1 cm³/mol. The normalized spacial score (nSPS) is 12.2. The summed E-state index contributed by atoms with van der Waals surface area (Å²) in [7, 11) is 0. The Kier molecular flexibility index (Phi) is 4.52. The molecule has 17 heavy (non-hydrogen) atoms.